The summed E-state index contributed by atoms with van der Waals surface area (Å²) in [6.45, 7) is 5.38. The van der Waals surface area contributed by atoms with Crippen molar-refractivity contribution in [3.05, 3.63) is 65.2 Å². The lowest BCUT2D eigenvalue weighted by atomic mass is 10.0. The van der Waals surface area contributed by atoms with Gasteiger partial charge in [-0.15, -0.1) is 24.0 Å². The second kappa shape index (κ2) is 12.3. The molecule has 0 fully saturated rings. The fourth-order valence-corrected chi connectivity index (χ4v) is 2.74. The Bertz CT molecular complexity index is 725. The molecule has 0 atom stereocenters. The van der Waals surface area contributed by atoms with Gasteiger partial charge in [0.2, 0.25) is 0 Å². The van der Waals surface area contributed by atoms with Crippen LogP contribution in [0.5, 0.6) is 0 Å². The first kappa shape index (κ1) is 23.0. The standard InChI is InChI=1S/C21H28N4O.HI/c1-3-16-12-8-13-17(4-2)19(16)25-21(22)24-15-9-14-23-20(26)18-10-6-5-7-11-18;/h5-8,10-13H,3-4,9,14-15H2,1-2H3,(H,23,26)(H3,22,24,25);1H. The third kappa shape index (κ3) is 7.21. The summed E-state index contributed by atoms with van der Waals surface area (Å²) in [5.41, 5.74) is 10.2. The molecule has 0 saturated heterocycles. The molecule has 5 nitrogen and oxygen atoms in total. The lowest BCUT2D eigenvalue weighted by Gasteiger charge is -2.14. The van der Waals surface area contributed by atoms with E-state index in [0.29, 0.717) is 24.6 Å². The van der Waals surface area contributed by atoms with Crippen molar-refractivity contribution in [2.75, 3.05) is 18.4 Å². The van der Waals surface area contributed by atoms with E-state index in [1.54, 1.807) is 12.1 Å². The molecule has 0 spiro atoms. The highest BCUT2D eigenvalue weighted by molar-refractivity contribution is 14.0. The van der Waals surface area contributed by atoms with E-state index >= 15 is 0 Å². The van der Waals surface area contributed by atoms with Gasteiger partial charge in [0.05, 0.1) is 0 Å². The van der Waals surface area contributed by atoms with Gasteiger partial charge in [0.1, 0.15) is 0 Å². The molecular formula is C21H29IN4O. The van der Waals surface area contributed by atoms with Crippen LogP contribution in [0.1, 0.15) is 41.8 Å². The molecule has 0 aromatic heterocycles. The number of benzene rings is 2. The summed E-state index contributed by atoms with van der Waals surface area (Å²) in [4.78, 5) is 16.3. The zero-order valence-electron chi connectivity index (χ0n) is 16.0. The van der Waals surface area contributed by atoms with Crippen molar-refractivity contribution in [1.29, 1.82) is 0 Å². The third-order valence-corrected chi connectivity index (χ3v) is 4.19. The summed E-state index contributed by atoms with van der Waals surface area (Å²) in [6, 6.07) is 15.5. The van der Waals surface area contributed by atoms with Crippen molar-refractivity contribution in [1.82, 2.24) is 5.32 Å². The number of rotatable bonds is 8. The maximum atomic E-state index is 11.9. The molecule has 0 radical (unpaired) electrons. The van der Waals surface area contributed by atoms with Crippen LogP contribution in [0.4, 0.5) is 5.69 Å². The first-order valence-corrected chi connectivity index (χ1v) is 9.16. The van der Waals surface area contributed by atoms with Crippen LogP contribution in [-0.4, -0.2) is 25.0 Å². The number of guanidine groups is 1. The first-order valence-electron chi connectivity index (χ1n) is 9.16. The maximum absolute atomic E-state index is 11.9. The van der Waals surface area contributed by atoms with Crippen LogP contribution in [0, 0.1) is 0 Å². The van der Waals surface area contributed by atoms with Crippen molar-refractivity contribution >= 4 is 41.5 Å². The minimum absolute atomic E-state index is 0. The maximum Gasteiger partial charge on any atom is 0.251 e. The van der Waals surface area contributed by atoms with Gasteiger partial charge < -0.3 is 16.4 Å². The van der Waals surface area contributed by atoms with Crippen molar-refractivity contribution < 1.29 is 4.79 Å². The van der Waals surface area contributed by atoms with Crippen LogP contribution >= 0.6 is 24.0 Å². The third-order valence-electron chi connectivity index (χ3n) is 4.19. The average Bonchev–Trinajstić information content (AvgIpc) is 2.68. The highest BCUT2D eigenvalue weighted by Crippen LogP contribution is 2.22. The Morgan fingerprint density at radius 1 is 1.00 bits per heavy atom. The molecule has 0 heterocycles. The zero-order chi connectivity index (χ0) is 18.8. The monoisotopic (exact) mass is 480 g/mol. The lowest BCUT2D eigenvalue weighted by Crippen LogP contribution is -2.26. The largest absolute Gasteiger partial charge is 0.370 e. The summed E-state index contributed by atoms with van der Waals surface area (Å²) in [5, 5.41) is 6.14. The molecule has 0 aliphatic heterocycles. The van der Waals surface area contributed by atoms with E-state index in [2.05, 4.69) is 47.7 Å². The van der Waals surface area contributed by atoms with Crippen LogP contribution in [0.2, 0.25) is 0 Å². The lowest BCUT2D eigenvalue weighted by molar-refractivity contribution is 0.0953. The Labute approximate surface area is 178 Å². The van der Waals surface area contributed by atoms with Crippen LogP contribution in [0.15, 0.2) is 53.5 Å². The average molecular weight is 480 g/mol. The van der Waals surface area contributed by atoms with Gasteiger partial charge in [-0.25, -0.2) is 0 Å². The summed E-state index contributed by atoms with van der Waals surface area (Å²) < 4.78 is 0. The van der Waals surface area contributed by atoms with Crippen molar-refractivity contribution in [2.24, 2.45) is 10.7 Å². The van der Waals surface area contributed by atoms with Gasteiger partial charge in [-0.3, -0.25) is 9.79 Å². The summed E-state index contributed by atoms with van der Waals surface area (Å²) in [7, 11) is 0. The number of nitrogens with zero attached hydrogens (tertiary/aromatic N) is 1. The van der Waals surface area contributed by atoms with E-state index in [9.17, 15) is 4.79 Å². The molecule has 0 unspecified atom stereocenters. The number of anilines is 1. The summed E-state index contributed by atoms with van der Waals surface area (Å²) in [5.74, 6) is 0.347. The van der Waals surface area contributed by atoms with Crippen LogP contribution in [0.25, 0.3) is 0 Å². The number of hydrogen-bond acceptors (Lipinski definition) is 2. The summed E-state index contributed by atoms with van der Waals surface area (Å²) in [6.07, 6.45) is 2.61. The predicted octanol–water partition coefficient (Wildman–Crippen LogP) is 3.98. The SMILES string of the molecule is CCc1cccc(CC)c1NC(N)=NCCCNC(=O)c1ccccc1.I. The van der Waals surface area contributed by atoms with E-state index in [1.807, 2.05) is 18.2 Å². The number of para-hydroxylation sites is 1. The van der Waals surface area contributed by atoms with Gasteiger partial charge in [0.15, 0.2) is 5.96 Å². The molecule has 146 valence electrons. The number of carbonyl (C=O) groups excluding carboxylic acids is 1. The molecule has 6 heteroatoms. The normalized spacial score (nSPS) is 10.8. The quantitative estimate of drug-likeness (QED) is 0.232. The Morgan fingerprint density at radius 3 is 2.22 bits per heavy atom. The fraction of sp³-hybridized carbons (Fsp3) is 0.333. The minimum Gasteiger partial charge on any atom is -0.370 e. The highest BCUT2D eigenvalue weighted by atomic mass is 127. The van der Waals surface area contributed by atoms with Crippen molar-refractivity contribution in [3.8, 4) is 0 Å². The Morgan fingerprint density at radius 2 is 1.63 bits per heavy atom. The number of halogens is 1. The molecule has 4 N–H and O–H groups in total. The van der Waals surface area contributed by atoms with E-state index in [1.165, 1.54) is 11.1 Å². The summed E-state index contributed by atoms with van der Waals surface area (Å²) >= 11 is 0. The second-order valence-electron chi connectivity index (χ2n) is 6.03. The van der Waals surface area contributed by atoms with E-state index in [0.717, 1.165) is 24.9 Å². The molecule has 0 bridgehead atoms. The molecule has 27 heavy (non-hydrogen) atoms. The minimum atomic E-state index is -0.0647. The number of amides is 1. The van der Waals surface area contributed by atoms with E-state index in [4.69, 9.17) is 5.73 Å². The topological polar surface area (TPSA) is 79.5 Å². The molecule has 1 amide bonds. The number of carbonyl (C=O) groups is 1. The van der Waals surface area contributed by atoms with Gasteiger partial charge in [-0.1, -0.05) is 50.2 Å². The molecule has 2 rings (SSSR count). The fourth-order valence-electron chi connectivity index (χ4n) is 2.74. The first-order chi connectivity index (χ1) is 12.7. The number of nitrogens with one attached hydrogen (secondary N) is 2. The predicted molar refractivity (Wildman–Crippen MR) is 124 cm³/mol. The van der Waals surface area contributed by atoms with Gasteiger partial charge >= 0.3 is 0 Å². The van der Waals surface area contributed by atoms with Crippen molar-refractivity contribution in [3.63, 3.8) is 0 Å². The molecule has 2 aromatic carbocycles. The van der Waals surface area contributed by atoms with Crippen molar-refractivity contribution in [2.45, 2.75) is 33.1 Å². The second-order valence-corrected chi connectivity index (χ2v) is 6.03. The van der Waals surface area contributed by atoms with E-state index in [-0.39, 0.29) is 29.9 Å². The van der Waals surface area contributed by atoms with Gasteiger partial charge in [0, 0.05) is 24.3 Å². The molecule has 0 saturated carbocycles. The Kier molecular flexibility index (Phi) is 10.5. The molecule has 2 aromatic rings. The smallest absolute Gasteiger partial charge is 0.251 e. The number of nitrogens with two attached hydrogens (primary N) is 1. The van der Waals surface area contributed by atoms with Gasteiger partial charge in [0.25, 0.3) is 5.91 Å². The van der Waals surface area contributed by atoms with Crippen LogP contribution in [-0.2, 0) is 12.8 Å². The molecule has 0 aliphatic carbocycles. The highest BCUT2D eigenvalue weighted by Gasteiger charge is 2.07. The number of aryl methyl sites for hydroxylation is 2. The van der Waals surface area contributed by atoms with Crippen LogP contribution in [0.3, 0.4) is 0 Å². The molecular weight excluding hydrogens is 451 g/mol. The number of aliphatic imine (C=N–C) groups is 1. The zero-order valence-corrected chi connectivity index (χ0v) is 18.3. The van der Waals surface area contributed by atoms with Gasteiger partial charge in [-0.2, -0.15) is 0 Å². The van der Waals surface area contributed by atoms with Crippen LogP contribution < -0.4 is 16.4 Å². The Hall–Kier alpha value is -2.09. The van der Waals surface area contributed by atoms with E-state index < -0.39 is 0 Å². The molecule has 0 aliphatic rings. The Balaban J connectivity index is 0.00000364. The van der Waals surface area contributed by atoms with Gasteiger partial charge in [-0.05, 0) is 42.5 Å². The number of hydrogen-bond donors (Lipinski definition) is 3.